The standard InChI is InChI=1S/C48H46N4O12/c1-26(2)36(44(57)63-5)50-47(60)51-34-24-19-27(13-12-18-32(42(55)61-3)43(56)62-4)25-33(34)48(46(51)59)35(41(49)54)38-45(58)64-39(29-16-10-7-11-17-29)37(28-14-8-6-9-15-28)52(38)40(48)30-20-22-31(53)23-21-30/h6-11,14-17,19-26,32,35-40,53H,18H2,1-5H3,(H2,49,54)(H,50,60). The molecule has 0 bridgehead atoms. The van der Waals surface area contributed by atoms with E-state index >= 15 is 4.79 Å². The molecule has 3 aliphatic heterocycles. The number of hydrogen-bond donors (Lipinski definition) is 3. The number of nitrogens with zero attached hydrogens (tertiary/aromatic N) is 2. The number of cyclic esters (lactones) is 1. The number of benzene rings is 4. The van der Waals surface area contributed by atoms with E-state index in [1.165, 1.54) is 30.3 Å². The van der Waals surface area contributed by atoms with E-state index in [1.807, 2.05) is 24.3 Å². The van der Waals surface area contributed by atoms with Gasteiger partial charge in [0.05, 0.1) is 45.0 Å². The van der Waals surface area contributed by atoms with Gasteiger partial charge in [0, 0.05) is 12.0 Å². The molecule has 4 amide bonds. The Bertz CT molecular complexity index is 2540. The molecule has 330 valence electrons. The second-order valence-electron chi connectivity index (χ2n) is 15.9. The van der Waals surface area contributed by atoms with E-state index in [1.54, 1.807) is 67.3 Å². The van der Waals surface area contributed by atoms with Gasteiger partial charge in [0.15, 0.2) is 5.92 Å². The summed E-state index contributed by atoms with van der Waals surface area (Å²) in [5.41, 5.74) is 6.10. The third-order valence-corrected chi connectivity index (χ3v) is 12.1. The van der Waals surface area contributed by atoms with Gasteiger partial charge in [-0.3, -0.25) is 28.9 Å². The summed E-state index contributed by atoms with van der Waals surface area (Å²) in [4.78, 5) is 101. The lowest BCUT2D eigenvalue weighted by molar-refractivity contribution is -0.178. The molecule has 4 aromatic rings. The number of phenolic OH excluding ortho intramolecular Hbond substituents is 1. The number of aromatic hydroxyl groups is 1. The largest absolute Gasteiger partial charge is 0.508 e. The molecule has 4 aromatic carbocycles. The molecule has 2 fully saturated rings. The van der Waals surface area contributed by atoms with Crippen molar-refractivity contribution in [2.24, 2.45) is 23.5 Å². The van der Waals surface area contributed by atoms with Crippen LogP contribution in [0.1, 0.15) is 66.3 Å². The number of nitrogens with two attached hydrogens (primary N) is 1. The Labute approximate surface area is 368 Å². The Morgan fingerprint density at radius 2 is 1.39 bits per heavy atom. The number of nitrogens with one attached hydrogen (secondary N) is 1. The van der Waals surface area contributed by atoms with Gasteiger partial charge in [0.1, 0.15) is 29.4 Å². The fourth-order valence-electron chi connectivity index (χ4n) is 9.30. The van der Waals surface area contributed by atoms with Gasteiger partial charge in [-0.2, -0.15) is 0 Å². The number of rotatable bonds is 10. The minimum Gasteiger partial charge on any atom is -0.508 e. The minimum atomic E-state index is -2.21. The van der Waals surface area contributed by atoms with Gasteiger partial charge in [-0.05, 0) is 58.5 Å². The average Bonchev–Trinajstić information content (AvgIpc) is 3.76. The van der Waals surface area contributed by atoms with Crippen molar-refractivity contribution in [3.63, 3.8) is 0 Å². The van der Waals surface area contributed by atoms with Crippen LogP contribution < -0.4 is 16.0 Å². The summed E-state index contributed by atoms with van der Waals surface area (Å²) < 4.78 is 20.9. The highest BCUT2D eigenvalue weighted by Crippen LogP contribution is 2.65. The average molecular weight is 871 g/mol. The van der Waals surface area contributed by atoms with Crippen LogP contribution in [0.4, 0.5) is 10.5 Å². The monoisotopic (exact) mass is 870 g/mol. The summed E-state index contributed by atoms with van der Waals surface area (Å²) >= 11 is 0. The molecule has 1 spiro atoms. The number of hydrogen-bond acceptors (Lipinski definition) is 13. The molecule has 0 aromatic heterocycles. The van der Waals surface area contributed by atoms with Gasteiger partial charge in [0.2, 0.25) is 11.8 Å². The number of ether oxygens (including phenoxy) is 4. The van der Waals surface area contributed by atoms with Gasteiger partial charge >= 0.3 is 29.9 Å². The van der Waals surface area contributed by atoms with Crippen LogP contribution >= 0.6 is 0 Å². The maximum atomic E-state index is 16.0. The zero-order chi connectivity index (χ0) is 46.0. The molecular weight excluding hydrogens is 825 g/mol. The first-order valence-electron chi connectivity index (χ1n) is 20.4. The molecule has 0 radical (unpaired) electrons. The Morgan fingerprint density at radius 3 is 1.95 bits per heavy atom. The molecule has 2 saturated heterocycles. The molecule has 4 N–H and O–H groups in total. The topological polar surface area (TPSA) is 221 Å². The number of primary amides is 1. The molecular formula is C48H46N4O12. The van der Waals surface area contributed by atoms with Crippen molar-refractivity contribution >= 4 is 47.4 Å². The summed E-state index contributed by atoms with van der Waals surface area (Å²) in [6, 6.07) is 22.5. The first kappa shape index (κ1) is 44.5. The maximum absolute atomic E-state index is 16.0. The predicted molar refractivity (Wildman–Crippen MR) is 227 cm³/mol. The lowest BCUT2D eigenvalue weighted by Gasteiger charge is -2.46. The van der Waals surface area contributed by atoms with Crippen molar-refractivity contribution in [2.45, 2.75) is 56.0 Å². The molecule has 16 heteroatoms. The zero-order valence-electron chi connectivity index (χ0n) is 35.6. The summed E-state index contributed by atoms with van der Waals surface area (Å²) in [5.74, 6) is -3.38. The first-order chi connectivity index (χ1) is 30.7. The molecule has 0 aliphatic carbocycles. The normalized spacial score (nSPS) is 22.7. The first-order valence-corrected chi connectivity index (χ1v) is 20.4. The van der Waals surface area contributed by atoms with Crippen molar-refractivity contribution in [1.29, 1.82) is 0 Å². The number of carbonyl (C=O) groups excluding carboxylic acids is 7. The van der Waals surface area contributed by atoms with E-state index in [9.17, 15) is 33.9 Å². The molecule has 7 rings (SSSR count). The zero-order valence-corrected chi connectivity index (χ0v) is 35.6. The highest BCUT2D eigenvalue weighted by Gasteiger charge is 2.75. The van der Waals surface area contributed by atoms with Crippen LogP contribution in [0.25, 0.3) is 0 Å². The van der Waals surface area contributed by atoms with E-state index in [2.05, 4.69) is 17.2 Å². The fourth-order valence-corrected chi connectivity index (χ4v) is 9.30. The van der Waals surface area contributed by atoms with Crippen LogP contribution in [0.15, 0.2) is 103 Å². The van der Waals surface area contributed by atoms with Crippen LogP contribution in [0, 0.1) is 29.6 Å². The lowest BCUT2D eigenvalue weighted by Crippen LogP contribution is -2.57. The number of fused-ring (bicyclic) bond motifs is 3. The molecule has 3 heterocycles. The minimum absolute atomic E-state index is 0.0125. The molecule has 3 aliphatic rings. The fraction of sp³-hybridized carbons (Fsp3) is 0.312. The van der Waals surface area contributed by atoms with Crippen LogP contribution in [-0.2, 0) is 53.1 Å². The second-order valence-corrected chi connectivity index (χ2v) is 15.9. The van der Waals surface area contributed by atoms with Gasteiger partial charge in [-0.25, -0.2) is 14.5 Å². The van der Waals surface area contributed by atoms with E-state index in [4.69, 9.17) is 24.7 Å². The lowest BCUT2D eigenvalue weighted by atomic mass is 9.65. The summed E-state index contributed by atoms with van der Waals surface area (Å²) in [5, 5.41) is 13.2. The van der Waals surface area contributed by atoms with Crippen LogP contribution in [0.2, 0.25) is 0 Å². The van der Waals surface area contributed by atoms with Crippen molar-refractivity contribution in [1.82, 2.24) is 10.2 Å². The SMILES string of the molecule is COC(=O)C(CC#Cc1ccc2c(c1)C1(C(=O)N2C(=O)NC(C(=O)OC)C(C)C)C(C(N)=O)C2C(=O)OC(c3ccccc3)C(c3ccccc3)N2C1c1ccc(O)cc1)C(=O)OC. The van der Waals surface area contributed by atoms with Crippen molar-refractivity contribution < 1.29 is 57.6 Å². The van der Waals surface area contributed by atoms with Gasteiger partial charge in [-0.15, -0.1) is 0 Å². The van der Waals surface area contributed by atoms with Crippen LogP contribution in [-0.4, -0.2) is 85.1 Å². The maximum Gasteiger partial charge on any atom is 0.329 e. The highest BCUT2D eigenvalue weighted by molar-refractivity contribution is 6.25. The number of carbonyl (C=O) groups is 7. The number of esters is 4. The summed E-state index contributed by atoms with van der Waals surface area (Å²) in [6.07, 6.45) is -1.31. The predicted octanol–water partition coefficient (Wildman–Crippen LogP) is 4.15. The third-order valence-electron chi connectivity index (χ3n) is 12.1. The van der Waals surface area contributed by atoms with Crippen molar-refractivity contribution in [3.8, 4) is 17.6 Å². The van der Waals surface area contributed by atoms with E-state index < -0.39 is 95.2 Å². The van der Waals surface area contributed by atoms with Crippen molar-refractivity contribution in [3.05, 3.63) is 131 Å². The van der Waals surface area contributed by atoms with E-state index in [-0.39, 0.29) is 29.0 Å². The van der Waals surface area contributed by atoms with Crippen molar-refractivity contribution in [2.75, 3.05) is 26.2 Å². The third kappa shape index (κ3) is 7.57. The van der Waals surface area contributed by atoms with Gasteiger partial charge in [0.25, 0.3) is 0 Å². The smallest absolute Gasteiger partial charge is 0.329 e. The summed E-state index contributed by atoms with van der Waals surface area (Å²) in [7, 11) is 3.40. The van der Waals surface area contributed by atoms with E-state index in [0.717, 1.165) is 26.2 Å². The highest BCUT2D eigenvalue weighted by atomic mass is 16.6. The van der Waals surface area contributed by atoms with E-state index in [0.29, 0.717) is 16.7 Å². The van der Waals surface area contributed by atoms with Crippen LogP contribution in [0.5, 0.6) is 5.75 Å². The number of imide groups is 1. The Balaban J connectivity index is 1.53. The van der Waals surface area contributed by atoms with Gasteiger partial charge in [-0.1, -0.05) is 98.5 Å². The van der Waals surface area contributed by atoms with Crippen LogP contribution in [0.3, 0.4) is 0 Å². The number of amides is 4. The quantitative estimate of drug-likeness (QED) is 0.0884. The Hall–Kier alpha value is -7.51. The number of anilines is 1. The molecule has 64 heavy (non-hydrogen) atoms. The second kappa shape index (κ2) is 18.1. The number of phenols is 1. The number of methoxy groups -OCH3 is 3. The molecule has 16 nitrogen and oxygen atoms in total. The van der Waals surface area contributed by atoms with Gasteiger partial charge < -0.3 is 35.1 Å². The molecule has 7 atom stereocenters. The molecule has 0 saturated carbocycles. The number of morpholine rings is 1. The Morgan fingerprint density at radius 1 is 0.797 bits per heavy atom. The Kier molecular flexibility index (Phi) is 12.6. The molecule has 7 unspecified atom stereocenters. The number of urea groups is 1. The summed E-state index contributed by atoms with van der Waals surface area (Å²) in [6.45, 7) is 3.35.